The smallest absolute Gasteiger partial charge is 0.161 e. The van der Waals surface area contributed by atoms with E-state index in [1.165, 1.54) is 0 Å². The van der Waals surface area contributed by atoms with Crippen LogP contribution in [0.3, 0.4) is 0 Å². The second-order valence-electron chi connectivity index (χ2n) is 6.06. The number of phenols is 1. The van der Waals surface area contributed by atoms with Gasteiger partial charge in [-0.2, -0.15) is 0 Å². The molecule has 0 aromatic heterocycles. The van der Waals surface area contributed by atoms with Crippen molar-refractivity contribution in [3.8, 4) is 11.5 Å². The molecule has 0 heterocycles. The monoisotopic (exact) mass is 436 g/mol. The number of rotatable bonds is 11. The molecule has 0 unspecified atom stereocenters. The summed E-state index contributed by atoms with van der Waals surface area (Å²) in [5.74, 6) is 1.13. The minimum absolute atomic E-state index is 0. The Bertz CT molecular complexity index is 462. The average Bonchev–Trinajstić information content (AvgIpc) is 2.47. The minimum Gasteiger partial charge on any atom is -1.00 e. The van der Waals surface area contributed by atoms with Gasteiger partial charge in [-0.3, -0.25) is 0 Å². The van der Waals surface area contributed by atoms with E-state index in [9.17, 15) is 5.11 Å². The first-order valence-corrected chi connectivity index (χ1v) is 12.5. The van der Waals surface area contributed by atoms with Gasteiger partial charge in [0.05, 0.1) is 26.6 Å². The second kappa shape index (κ2) is 12.3. The summed E-state index contributed by atoms with van der Waals surface area (Å²) in [6.45, 7) is 12.7. The molecule has 7 heteroatoms. The molecule has 0 aliphatic heterocycles. The maximum absolute atomic E-state index is 9.71. The molecule has 1 aromatic carbocycles. The number of hydrogen-bond donors (Lipinski definition) is 1. The van der Waals surface area contributed by atoms with Crippen LogP contribution in [0, 0.1) is 0 Å². The van der Waals surface area contributed by atoms with Crippen LogP contribution >= 0.6 is 7.26 Å². The van der Waals surface area contributed by atoms with Crippen molar-refractivity contribution in [1.29, 1.82) is 0 Å². The summed E-state index contributed by atoms with van der Waals surface area (Å²) in [5.41, 5.74) is 0. The molecule has 0 saturated heterocycles. The van der Waals surface area contributed by atoms with Gasteiger partial charge in [0, 0.05) is 26.5 Å². The van der Waals surface area contributed by atoms with Gasteiger partial charge in [-0.05, 0) is 32.4 Å². The van der Waals surface area contributed by atoms with Gasteiger partial charge in [-0.25, -0.2) is 0 Å². The van der Waals surface area contributed by atoms with Gasteiger partial charge in [0.2, 0.25) is 0 Å². The maximum atomic E-state index is 9.71. The first kappa shape index (κ1) is 23.9. The van der Waals surface area contributed by atoms with Crippen LogP contribution in [0.5, 0.6) is 11.5 Å². The molecule has 0 spiro atoms. The Morgan fingerprint density at radius 1 is 1.12 bits per heavy atom. The molecule has 0 atom stereocenters. The molecule has 0 aliphatic rings. The summed E-state index contributed by atoms with van der Waals surface area (Å²) in [5, 5.41) is 10.8. The van der Waals surface area contributed by atoms with Crippen molar-refractivity contribution < 1.29 is 36.3 Å². The SMILES string of the molecule is CCOC(OCC)[Si]CCCOc1ccc(O)cc1[P+](C)(C)C.[Br-]. The first-order chi connectivity index (χ1) is 10.9. The summed E-state index contributed by atoms with van der Waals surface area (Å²) < 4.78 is 17.1. The van der Waals surface area contributed by atoms with E-state index in [4.69, 9.17) is 14.2 Å². The standard InChI is InChI=1S/C17H29O4PSi.BrH/c1-6-19-17(20-7-2)23-12-8-11-21-15-10-9-14(18)13-16(15)22(3,4)5;/h9-10,13,17H,6-8,11-12H2,1-5H3;1H. The molecule has 1 aromatic rings. The van der Waals surface area contributed by atoms with Gasteiger partial charge in [0.15, 0.2) is 5.75 Å². The van der Waals surface area contributed by atoms with Crippen molar-refractivity contribution in [3.63, 3.8) is 0 Å². The average molecular weight is 437 g/mol. The van der Waals surface area contributed by atoms with Gasteiger partial charge in [-0.15, -0.1) is 0 Å². The predicted molar refractivity (Wildman–Crippen MR) is 100 cm³/mol. The molecule has 2 radical (unpaired) electrons. The van der Waals surface area contributed by atoms with Gasteiger partial charge in [0.1, 0.15) is 26.5 Å². The molecular formula is C17H30BrO4PSi. The topological polar surface area (TPSA) is 47.9 Å². The van der Waals surface area contributed by atoms with Crippen LogP contribution in [0.1, 0.15) is 20.3 Å². The lowest BCUT2D eigenvalue weighted by molar-refractivity contribution is -0.0828. The molecule has 1 rings (SSSR count). The third-order valence-corrected chi connectivity index (χ3v) is 6.29. The second-order valence-corrected chi connectivity index (χ2v) is 11.9. The van der Waals surface area contributed by atoms with Gasteiger partial charge in [-0.1, -0.05) is 6.04 Å². The van der Waals surface area contributed by atoms with Crippen molar-refractivity contribution in [2.24, 2.45) is 0 Å². The highest BCUT2D eigenvalue weighted by Gasteiger charge is 2.26. The van der Waals surface area contributed by atoms with Crippen LogP contribution in [0.15, 0.2) is 18.2 Å². The Kier molecular flexibility index (Phi) is 12.2. The summed E-state index contributed by atoms with van der Waals surface area (Å²) in [4.78, 5) is 0. The van der Waals surface area contributed by atoms with Gasteiger partial charge >= 0.3 is 0 Å². The third kappa shape index (κ3) is 8.81. The third-order valence-electron chi connectivity index (χ3n) is 3.19. The highest BCUT2D eigenvalue weighted by atomic mass is 79.9. The van der Waals surface area contributed by atoms with Crippen LogP contribution in [0.25, 0.3) is 0 Å². The number of hydrogen-bond acceptors (Lipinski definition) is 4. The van der Waals surface area contributed by atoms with E-state index in [-0.39, 0.29) is 22.9 Å². The van der Waals surface area contributed by atoms with Crippen LogP contribution < -0.4 is 27.0 Å². The Hall–Kier alpha value is -0.133. The molecule has 1 N–H and O–H groups in total. The summed E-state index contributed by atoms with van der Waals surface area (Å²) in [6, 6.07) is 6.44. The number of aromatic hydroxyl groups is 1. The fourth-order valence-corrected chi connectivity index (χ4v) is 4.57. The largest absolute Gasteiger partial charge is 1.00 e. The Morgan fingerprint density at radius 3 is 2.29 bits per heavy atom. The summed E-state index contributed by atoms with van der Waals surface area (Å²) in [7, 11) is -0.614. The molecule has 0 bridgehead atoms. The zero-order valence-corrected chi connectivity index (χ0v) is 18.8. The van der Waals surface area contributed by atoms with Gasteiger partial charge < -0.3 is 36.3 Å². The quantitative estimate of drug-likeness (QED) is 0.232. The fraction of sp³-hybridized carbons (Fsp3) is 0.647. The Labute approximate surface area is 160 Å². The highest BCUT2D eigenvalue weighted by molar-refractivity contribution is 7.81. The van der Waals surface area contributed by atoms with Crippen molar-refractivity contribution in [1.82, 2.24) is 0 Å². The number of halogens is 1. The van der Waals surface area contributed by atoms with Crippen LogP contribution in [-0.2, 0) is 9.47 Å². The number of benzene rings is 1. The lowest BCUT2D eigenvalue weighted by Crippen LogP contribution is -3.00. The molecule has 0 amide bonds. The molecule has 0 fully saturated rings. The summed E-state index contributed by atoms with van der Waals surface area (Å²) >= 11 is 0. The normalized spacial score (nSPS) is 11.4. The van der Waals surface area contributed by atoms with Crippen LogP contribution in [0.4, 0.5) is 0 Å². The fourth-order valence-electron chi connectivity index (χ4n) is 2.09. The molecule has 138 valence electrons. The van der Waals surface area contributed by atoms with E-state index in [2.05, 4.69) is 20.0 Å². The van der Waals surface area contributed by atoms with E-state index in [0.717, 1.165) is 23.5 Å². The van der Waals surface area contributed by atoms with Crippen molar-refractivity contribution in [2.45, 2.75) is 32.2 Å². The first-order valence-electron chi connectivity index (χ1n) is 8.12. The lowest BCUT2D eigenvalue weighted by Gasteiger charge is -2.18. The van der Waals surface area contributed by atoms with Crippen molar-refractivity contribution >= 4 is 22.1 Å². The molecule has 4 nitrogen and oxygen atoms in total. The molecular weight excluding hydrogens is 407 g/mol. The zero-order valence-electron chi connectivity index (χ0n) is 15.3. The molecule has 0 saturated carbocycles. The summed E-state index contributed by atoms with van der Waals surface area (Å²) in [6.07, 6.45) is 0.970. The number of phenolic OH excluding ortho intramolecular Hbond substituents is 1. The maximum Gasteiger partial charge on any atom is 0.161 e. The van der Waals surface area contributed by atoms with E-state index < -0.39 is 7.26 Å². The van der Waals surface area contributed by atoms with E-state index in [0.29, 0.717) is 35.1 Å². The predicted octanol–water partition coefficient (Wildman–Crippen LogP) is 0.177. The Balaban J connectivity index is 0.00000529. The van der Waals surface area contributed by atoms with E-state index in [1.54, 1.807) is 6.07 Å². The molecule has 24 heavy (non-hydrogen) atoms. The zero-order chi connectivity index (χ0) is 17.3. The van der Waals surface area contributed by atoms with E-state index in [1.807, 2.05) is 26.0 Å². The lowest BCUT2D eigenvalue weighted by atomic mass is 10.3. The van der Waals surface area contributed by atoms with Crippen molar-refractivity contribution in [3.05, 3.63) is 18.2 Å². The van der Waals surface area contributed by atoms with E-state index >= 15 is 0 Å². The van der Waals surface area contributed by atoms with Gasteiger partial charge in [0.25, 0.3) is 0 Å². The molecule has 0 aliphatic carbocycles. The van der Waals surface area contributed by atoms with Crippen LogP contribution in [0.2, 0.25) is 6.04 Å². The Morgan fingerprint density at radius 2 is 1.75 bits per heavy atom. The highest BCUT2D eigenvalue weighted by Crippen LogP contribution is 2.48. The minimum atomic E-state index is -1.25. The van der Waals surface area contributed by atoms with Crippen LogP contribution in [-0.4, -0.2) is 60.4 Å². The van der Waals surface area contributed by atoms with Crippen molar-refractivity contribution in [2.75, 3.05) is 39.8 Å². The number of ether oxygens (including phenoxy) is 3.